The van der Waals surface area contributed by atoms with Crippen molar-refractivity contribution in [3.63, 3.8) is 0 Å². The molecule has 30 heavy (non-hydrogen) atoms. The van der Waals surface area contributed by atoms with Gasteiger partial charge in [-0.05, 0) is 62.2 Å². The van der Waals surface area contributed by atoms with Gasteiger partial charge in [0.05, 0.1) is 5.92 Å². The predicted molar refractivity (Wildman–Crippen MR) is 125 cm³/mol. The van der Waals surface area contributed by atoms with E-state index in [0.29, 0.717) is 17.9 Å². The summed E-state index contributed by atoms with van der Waals surface area (Å²) in [6.07, 6.45) is 17.5. The molecule has 0 saturated carbocycles. The average molecular weight is 422 g/mol. The number of likely N-dealkylation sites (tertiary alicyclic amines) is 2. The number of allylic oxidation sites excluding steroid dienone is 2. The summed E-state index contributed by atoms with van der Waals surface area (Å²) in [7, 11) is 0. The molecule has 1 aromatic heterocycles. The molecule has 1 aromatic carbocycles. The van der Waals surface area contributed by atoms with Gasteiger partial charge in [0, 0.05) is 53.6 Å². The normalized spacial score (nSPS) is 26.2. The number of H-pyrrole nitrogens is 1. The summed E-state index contributed by atoms with van der Waals surface area (Å²) in [5.41, 5.74) is 2.68. The van der Waals surface area contributed by atoms with Gasteiger partial charge in [-0.1, -0.05) is 24.3 Å². The molecular weight excluding hydrogens is 390 g/mol. The number of aromatic nitrogens is 1. The van der Waals surface area contributed by atoms with E-state index in [1.165, 1.54) is 40.7 Å². The van der Waals surface area contributed by atoms with E-state index >= 15 is 0 Å². The van der Waals surface area contributed by atoms with Crippen molar-refractivity contribution < 1.29 is 4.79 Å². The van der Waals surface area contributed by atoms with Crippen LogP contribution in [0.3, 0.4) is 0 Å². The first-order chi connectivity index (χ1) is 14.7. The third-order valence-corrected chi connectivity index (χ3v) is 7.81. The zero-order chi connectivity index (χ0) is 20.5. The van der Waals surface area contributed by atoms with E-state index in [4.69, 9.17) is 0 Å². The Kier molecular flexibility index (Phi) is 5.74. The number of amides is 1. The summed E-state index contributed by atoms with van der Waals surface area (Å²) in [5, 5.41) is 1.38. The number of thioether (sulfide) groups is 1. The van der Waals surface area contributed by atoms with Crippen LogP contribution in [0.4, 0.5) is 0 Å². The number of nitrogens with zero attached hydrogens (tertiary/aromatic N) is 2. The molecule has 0 spiro atoms. The van der Waals surface area contributed by atoms with E-state index in [1.54, 1.807) is 11.8 Å². The molecule has 1 aliphatic carbocycles. The highest BCUT2D eigenvalue weighted by Crippen LogP contribution is 2.31. The number of nitrogens with one attached hydrogen (secondary N) is 1. The monoisotopic (exact) mass is 421 g/mol. The van der Waals surface area contributed by atoms with Crippen molar-refractivity contribution in [2.24, 2.45) is 11.8 Å². The Morgan fingerprint density at radius 2 is 2.10 bits per heavy atom. The number of hydrogen-bond acceptors (Lipinski definition) is 3. The highest BCUT2D eigenvalue weighted by Gasteiger charge is 2.37. The number of aromatic amines is 1. The van der Waals surface area contributed by atoms with Crippen LogP contribution in [-0.2, 0) is 11.2 Å². The Labute approximate surface area is 183 Å². The van der Waals surface area contributed by atoms with Crippen molar-refractivity contribution in [3.05, 3.63) is 54.3 Å². The van der Waals surface area contributed by atoms with Crippen molar-refractivity contribution >= 4 is 28.6 Å². The van der Waals surface area contributed by atoms with Crippen molar-refractivity contribution in [2.45, 2.75) is 36.6 Å². The molecule has 2 fully saturated rings. The minimum Gasteiger partial charge on any atom is -0.361 e. The van der Waals surface area contributed by atoms with Crippen molar-refractivity contribution in [2.75, 3.05) is 32.4 Å². The van der Waals surface area contributed by atoms with Crippen LogP contribution in [0.25, 0.3) is 10.9 Å². The van der Waals surface area contributed by atoms with Gasteiger partial charge in [-0.3, -0.25) is 9.69 Å². The summed E-state index contributed by atoms with van der Waals surface area (Å²) in [6, 6.07) is 7.33. The van der Waals surface area contributed by atoms with Crippen LogP contribution in [0.15, 0.2) is 53.6 Å². The fourth-order valence-electron chi connectivity index (χ4n) is 5.44. The summed E-state index contributed by atoms with van der Waals surface area (Å²) >= 11 is 1.80. The van der Waals surface area contributed by atoms with Gasteiger partial charge in [0.2, 0.25) is 5.91 Å². The fraction of sp³-hybridized carbons (Fsp3) is 0.480. The Morgan fingerprint density at radius 1 is 1.20 bits per heavy atom. The lowest BCUT2D eigenvalue weighted by Gasteiger charge is -2.25. The quantitative estimate of drug-likeness (QED) is 0.670. The van der Waals surface area contributed by atoms with Gasteiger partial charge >= 0.3 is 0 Å². The van der Waals surface area contributed by atoms with Crippen LogP contribution in [0, 0.1) is 11.8 Å². The molecule has 158 valence electrons. The van der Waals surface area contributed by atoms with Crippen LogP contribution in [0.2, 0.25) is 0 Å². The SMILES string of the molecule is CSc1ccc2[nH]cc(CC3CCCN3CCCN3CC4C=CC=CC4C3=O)c2c1. The third-order valence-electron chi connectivity index (χ3n) is 7.08. The second-order valence-electron chi connectivity index (χ2n) is 8.86. The minimum atomic E-state index is 0.0857. The van der Waals surface area contributed by atoms with Crippen molar-refractivity contribution in [1.29, 1.82) is 0 Å². The van der Waals surface area contributed by atoms with Crippen LogP contribution in [-0.4, -0.2) is 59.2 Å². The van der Waals surface area contributed by atoms with E-state index in [1.807, 2.05) is 6.08 Å². The van der Waals surface area contributed by atoms with Gasteiger partial charge in [0.25, 0.3) is 0 Å². The summed E-state index contributed by atoms with van der Waals surface area (Å²) in [4.78, 5) is 22.2. The number of hydrogen-bond donors (Lipinski definition) is 1. The second-order valence-corrected chi connectivity index (χ2v) is 9.74. The lowest BCUT2D eigenvalue weighted by molar-refractivity contribution is -0.130. The van der Waals surface area contributed by atoms with E-state index in [2.05, 4.69) is 63.7 Å². The highest BCUT2D eigenvalue weighted by atomic mass is 32.2. The summed E-state index contributed by atoms with van der Waals surface area (Å²) in [5.74, 6) is 0.791. The number of carbonyl (C=O) groups excluding carboxylic acids is 1. The van der Waals surface area contributed by atoms with Crippen molar-refractivity contribution in [3.8, 4) is 0 Å². The number of fused-ring (bicyclic) bond motifs is 2. The van der Waals surface area contributed by atoms with Crippen molar-refractivity contribution in [1.82, 2.24) is 14.8 Å². The lowest BCUT2D eigenvalue weighted by atomic mass is 9.92. The van der Waals surface area contributed by atoms with Crippen LogP contribution in [0.1, 0.15) is 24.8 Å². The van der Waals surface area contributed by atoms with Gasteiger partial charge < -0.3 is 9.88 Å². The van der Waals surface area contributed by atoms with Crippen LogP contribution in [0.5, 0.6) is 0 Å². The Hall–Kier alpha value is -1.98. The first-order valence-corrected chi connectivity index (χ1v) is 12.5. The lowest BCUT2D eigenvalue weighted by Crippen LogP contribution is -2.35. The van der Waals surface area contributed by atoms with E-state index in [-0.39, 0.29) is 5.92 Å². The van der Waals surface area contributed by atoms with Crippen LogP contribution < -0.4 is 0 Å². The topological polar surface area (TPSA) is 39.3 Å². The highest BCUT2D eigenvalue weighted by molar-refractivity contribution is 7.98. The maximum Gasteiger partial charge on any atom is 0.230 e. The third kappa shape index (κ3) is 3.85. The number of rotatable bonds is 7. The molecular formula is C25H31N3OS. The molecule has 5 heteroatoms. The molecule has 1 amide bonds. The first-order valence-electron chi connectivity index (χ1n) is 11.2. The zero-order valence-electron chi connectivity index (χ0n) is 17.7. The van der Waals surface area contributed by atoms with Gasteiger partial charge in [-0.15, -0.1) is 11.8 Å². The molecule has 3 heterocycles. The molecule has 2 aliphatic heterocycles. The van der Waals surface area contributed by atoms with E-state index in [9.17, 15) is 4.79 Å². The predicted octanol–water partition coefficient (Wildman–Crippen LogP) is 4.49. The number of benzene rings is 1. The molecule has 4 nitrogen and oxygen atoms in total. The molecule has 0 radical (unpaired) electrons. The maximum atomic E-state index is 12.6. The molecule has 0 bridgehead atoms. The molecule has 1 N–H and O–H groups in total. The largest absolute Gasteiger partial charge is 0.361 e. The van der Waals surface area contributed by atoms with Crippen LogP contribution >= 0.6 is 11.8 Å². The Bertz CT molecular complexity index is 978. The smallest absolute Gasteiger partial charge is 0.230 e. The first kappa shape index (κ1) is 20.0. The summed E-state index contributed by atoms with van der Waals surface area (Å²) < 4.78 is 0. The van der Waals surface area contributed by atoms with Gasteiger partial charge in [-0.25, -0.2) is 0 Å². The zero-order valence-corrected chi connectivity index (χ0v) is 18.5. The second kappa shape index (κ2) is 8.64. The number of carbonyl (C=O) groups is 1. The fourth-order valence-corrected chi connectivity index (χ4v) is 5.88. The molecule has 3 atom stereocenters. The van der Waals surface area contributed by atoms with Gasteiger partial charge in [0.15, 0.2) is 0 Å². The molecule has 3 unspecified atom stereocenters. The van der Waals surface area contributed by atoms with Gasteiger partial charge in [-0.2, -0.15) is 0 Å². The average Bonchev–Trinajstić information content (AvgIpc) is 3.47. The maximum absolute atomic E-state index is 12.6. The van der Waals surface area contributed by atoms with E-state index < -0.39 is 0 Å². The van der Waals surface area contributed by atoms with E-state index in [0.717, 1.165) is 32.5 Å². The molecule has 2 aromatic rings. The van der Waals surface area contributed by atoms with Gasteiger partial charge in [0.1, 0.15) is 0 Å². The molecule has 2 saturated heterocycles. The molecule has 5 rings (SSSR count). The standard InChI is InChI=1S/C25H31N3OS/c1-30-21-9-10-24-23(15-21)19(16-26-24)14-20-7-4-11-27(20)12-5-13-28-17-18-6-2-3-8-22(18)25(28)29/h2-3,6,8-10,15-16,18,20,22,26H,4-5,7,11-14,17H2,1H3. The Balaban J connectivity index is 1.18. The summed E-state index contributed by atoms with van der Waals surface area (Å²) in [6.45, 7) is 4.06. The minimum absolute atomic E-state index is 0.0857. The molecule has 3 aliphatic rings. The Morgan fingerprint density at radius 3 is 2.97 bits per heavy atom.